The van der Waals surface area contributed by atoms with Crippen molar-refractivity contribution in [1.29, 1.82) is 0 Å². The van der Waals surface area contributed by atoms with Crippen LogP contribution in [0.25, 0.3) is 0 Å². The molecule has 118 valence electrons. The standard InChI is InChI=1S/C13H15FN4O3S/c1-17-8-7-12(16-17)15-13(19)9-18(2)22(20,21)11-5-3-10(14)4-6-11/h3-8H,9H2,1-2H3,(H,15,16,19). The maximum Gasteiger partial charge on any atom is 0.243 e. The van der Waals surface area contributed by atoms with Crippen molar-refractivity contribution in [2.75, 3.05) is 18.9 Å². The van der Waals surface area contributed by atoms with Crippen molar-refractivity contribution in [2.24, 2.45) is 7.05 Å². The van der Waals surface area contributed by atoms with Gasteiger partial charge in [0.1, 0.15) is 5.82 Å². The number of hydrogen-bond acceptors (Lipinski definition) is 4. The van der Waals surface area contributed by atoms with Gasteiger partial charge in [-0.1, -0.05) is 0 Å². The molecular weight excluding hydrogens is 311 g/mol. The molecule has 0 saturated heterocycles. The van der Waals surface area contributed by atoms with Crippen LogP contribution in [0.2, 0.25) is 0 Å². The molecule has 1 N–H and O–H groups in total. The zero-order chi connectivity index (χ0) is 16.3. The normalized spacial score (nSPS) is 11.6. The fraction of sp³-hybridized carbons (Fsp3) is 0.231. The van der Waals surface area contributed by atoms with Gasteiger partial charge in [-0.25, -0.2) is 12.8 Å². The molecule has 0 unspecified atom stereocenters. The topological polar surface area (TPSA) is 84.3 Å². The van der Waals surface area contributed by atoms with Crippen LogP contribution >= 0.6 is 0 Å². The fourth-order valence-electron chi connectivity index (χ4n) is 1.74. The van der Waals surface area contributed by atoms with Crippen molar-refractivity contribution < 1.29 is 17.6 Å². The summed E-state index contributed by atoms with van der Waals surface area (Å²) in [6.07, 6.45) is 1.65. The second kappa shape index (κ2) is 6.24. The maximum absolute atomic E-state index is 12.8. The Kier molecular flexibility index (Phi) is 4.57. The molecule has 1 aromatic heterocycles. The average Bonchev–Trinajstić information content (AvgIpc) is 2.84. The number of aromatic nitrogens is 2. The molecule has 1 aromatic carbocycles. The predicted octanol–water partition coefficient (Wildman–Crippen LogP) is 0.818. The van der Waals surface area contributed by atoms with Crippen molar-refractivity contribution >= 4 is 21.7 Å². The minimum atomic E-state index is -3.86. The van der Waals surface area contributed by atoms with Crippen LogP contribution < -0.4 is 5.32 Å². The summed E-state index contributed by atoms with van der Waals surface area (Å²) in [5.74, 6) is -0.721. The summed E-state index contributed by atoms with van der Waals surface area (Å²) >= 11 is 0. The van der Waals surface area contributed by atoms with Gasteiger partial charge >= 0.3 is 0 Å². The minimum Gasteiger partial charge on any atom is -0.308 e. The van der Waals surface area contributed by atoms with Crippen molar-refractivity contribution in [3.63, 3.8) is 0 Å². The lowest BCUT2D eigenvalue weighted by Gasteiger charge is -2.16. The van der Waals surface area contributed by atoms with E-state index in [1.807, 2.05) is 0 Å². The van der Waals surface area contributed by atoms with Gasteiger partial charge in [0.2, 0.25) is 15.9 Å². The summed E-state index contributed by atoms with van der Waals surface area (Å²) < 4.78 is 39.7. The van der Waals surface area contributed by atoms with E-state index < -0.39 is 21.7 Å². The Morgan fingerprint density at radius 3 is 2.50 bits per heavy atom. The van der Waals surface area contributed by atoms with E-state index in [2.05, 4.69) is 10.4 Å². The van der Waals surface area contributed by atoms with Crippen molar-refractivity contribution in [3.8, 4) is 0 Å². The lowest BCUT2D eigenvalue weighted by atomic mass is 10.4. The van der Waals surface area contributed by atoms with E-state index in [0.717, 1.165) is 28.6 Å². The SMILES string of the molecule is CN(CC(=O)Nc1ccn(C)n1)S(=O)(=O)c1ccc(F)cc1. The highest BCUT2D eigenvalue weighted by atomic mass is 32.2. The van der Waals surface area contributed by atoms with E-state index in [1.54, 1.807) is 19.3 Å². The van der Waals surface area contributed by atoms with E-state index in [4.69, 9.17) is 0 Å². The second-order valence-electron chi connectivity index (χ2n) is 4.64. The number of halogens is 1. The number of nitrogens with zero attached hydrogens (tertiary/aromatic N) is 3. The monoisotopic (exact) mass is 326 g/mol. The third kappa shape index (κ3) is 3.68. The minimum absolute atomic E-state index is 0.0814. The smallest absolute Gasteiger partial charge is 0.243 e. The molecule has 22 heavy (non-hydrogen) atoms. The molecular formula is C13H15FN4O3S. The van der Waals surface area contributed by atoms with Crippen LogP contribution in [-0.4, -0.2) is 42.0 Å². The van der Waals surface area contributed by atoms with Crippen LogP contribution in [-0.2, 0) is 21.9 Å². The first-order valence-corrected chi connectivity index (χ1v) is 7.74. The molecule has 0 saturated carbocycles. The van der Waals surface area contributed by atoms with Crippen molar-refractivity contribution in [1.82, 2.24) is 14.1 Å². The van der Waals surface area contributed by atoms with Crippen LogP contribution in [0, 0.1) is 5.82 Å². The van der Waals surface area contributed by atoms with E-state index in [0.29, 0.717) is 5.82 Å². The molecule has 2 aromatic rings. The number of anilines is 1. The Hall–Kier alpha value is -2.26. The van der Waals surface area contributed by atoms with E-state index >= 15 is 0 Å². The molecule has 0 aliphatic heterocycles. The Morgan fingerprint density at radius 1 is 1.32 bits per heavy atom. The summed E-state index contributed by atoms with van der Waals surface area (Å²) in [5.41, 5.74) is 0. The number of rotatable bonds is 5. The van der Waals surface area contributed by atoms with Gasteiger partial charge in [0.05, 0.1) is 11.4 Å². The van der Waals surface area contributed by atoms with Crippen molar-refractivity contribution in [2.45, 2.75) is 4.90 Å². The summed E-state index contributed by atoms with van der Waals surface area (Å²) in [6.45, 7) is -0.379. The molecule has 2 rings (SSSR count). The molecule has 1 heterocycles. The highest BCUT2D eigenvalue weighted by molar-refractivity contribution is 7.89. The Labute approximate surface area is 127 Å². The molecule has 0 bridgehead atoms. The number of likely N-dealkylation sites (N-methyl/N-ethyl adjacent to an activating group) is 1. The maximum atomic E-state index is 12.8. The quantitative estimate of drug-likeness (QED) is 0.881. The number of benzene rings is 1. The lowest BCUT2D eigenvalue weighted by molar-refractivity contribution is -0.116. The highest BCUT2D eigenvalue weighted by Crippen LogP contribution is 2.14. The average molecular weight is 326 g/mol. The zero-order valence-electron chi connectivity index (χ0n) is 12.0. The van der Waals surface area contributed by atoms with Gasteiger partial charge in [0.15, 0.2) is 5.82 Å². The first-order chi connectivity index (χ1) is 10.3. The lowest BCUT2D eigenvalue weighted by Crippen LogP contribution is -2.35. The number of amides is 1. The van der Waals surface area contributed by atoms with Gasteiger partial charge in [-0.15, -0.1) is 0 Å². The van der Waals surface area contributed by atoms with Crippen LogP contribution in [0.1, 0.15) is 0 Å². The van der Waals surface area contributed by atoms with Crippen LogP contribution in [0.3, 0.4) is 0 Å². The number of hydrogen-bond donors (Lipinski definition) is 1. The third-order valence-electron chi connectivity index (χ3n) is 2.87. The molecule has 0 spiro atoms. The summed E-state index contributed by atoms with van der Waals surface area (Å²) in [7, 11) is -0.888. The molecule has 7 nitrogen and oxygen atoms in total. The van der Waals surface area contributed by atoms with Gasteiger partial charge < -0.3 is 5.32 Å². The van der Waals surface area contributed by atoms with Gasteiger partial charge in [-0.3, -0.25) is 9.48 Å². The summed E-state index contributed by atoms with van der Waals surface area (Å²) in [5, 5.41) is 6.45. The second-order valence-corrected chi connectivity index (χ2v) is 6.68. The molecule has 0 aliphatic carbocycles. The predicted molar refractivity (Wildman–Crippen MR) is 78.1 cm³/mol. The Balaban J connectivity index is 2.05. The number of sulfonamides is 1. The van der Waals surface area contributed by atoms with Gasteiger partial charge in [0.25, 0.3) is 0 Å². The van der Waals surface area contributed by atoms with Crippen molar-refractivity contribution in [3.05, 3.63) is 42.3 Å². The largest absolute Gasteiger partial charge is 0.308 e. The number of carbonyl (C=O) groups excluding carboxylic acids is 1. The first kappa shape index (κ1) is 16.1. The first-order valence-electron chi connectivity index (χ1n) is 6.30. The molecule has 0 fully saturated rings. The van der Waals surface area contributed by atoms with Gasteiger partial charge in [-0.2, -0.15) is 9.40 Å². The molecule has 0 radical (unpaired) electrons. The highest BCUT2D eigenvalue weighted by Gasteiger charge is 2.23. The van der Waals surface area contributed by atoms with Gasteiger partial charge in [-0.05, 0) is 24.3 Å². The molecule has 0 aliphatic rings. The Morgan fingerprint density at radius 2 is 1.95 bits per heavy atom. The fourth-order valence-corrected chi connectivity index (χ4v) is 2.86. The van der Waals surface area contributed by atoms with E-state index in [-0.39, 0.29) is 11.4 Å². The van der Waals surface area contributed by atoms with Crippen LogP contribution in [0.5, 0.6) is 0 Å². The number of aryl methyl sites for hydroxylation is 1. The third-order valence-corrected chi connectivity index (χ3v) is 4.69. The molecule has 1 amide bonds. The van der Waals surface area contributed by atoms with Crippen LogP contribution in [0.15, 0.2) is 41.4 Å². The van der Waals surface area contributed by atoms with Crippen LogP contribution in [0.4, 0.5) is 10.2 Å². The summed E-state index contributed by atoms with van der Waals surface area (Å²) in [4.78, 5) is 11.8. The van der Waals surface area contributed by atoms with Gasteiger partial charge in [0, 0.05) is 26.4 Å². The van der Waals surface area contributed by atoms with E-state index in [9.17, 15) is 17.6 Å². The molecule has 9 heteroatoms. The molecule has 0 atom stereocenters. The number of carbonyl (C=O) groups is 1. The summed E-state index contributed by atoms with van der Waals surface area (Å²) in [6, 6.07) is 5.99. The number of nitrogens with one attached hydrogen (secondary N) is 1. The Bertz CT molecular complexity index is 771. The zero-order valence-corrected chi connectivity index (χ0v) is 12.8. The van der Waals surface area contributed by atoms with E-state index in [1.165, 1.54) is 11.7 Å².